The van der Waals surface area contributed by atoms with Gasteiger partial charge in [-0.3, -0.25) is 9.59 Å². The van der Waals surface area contributed by atoms with Gasteiger partial charge in [0.15, 0.2) is 0 Å². The predicted octanol–water partition coefficient (Wildman–Crippen LogP) is 2.94. The van der Waals surface area contributed by atoms with Gasteiger partial charge in [-0.15, -0.1) is 0 Å². The third-order valence-electron chi connectivity index (χ3n) is 4.45. The average Bonchev–Trinajstić information content (AvgIpc) is 2.73. The first-order valence-corrected chi connectivity index (χ1v) is 8.00. The number of primary amides is 1. The van der Waals surface area contributed by atoms with Gasteiger partial charge >= 0.3 is 6.18 Å². The number of carbonyl (C=O) groups is 2. The molecule has 1 aromatic rings. The summed E-state index contributed by atoms with van der Waals surface area (Å²) >= 11 is 0. The lowest BCUT2D eigenvalue weighted by molar-refractivity contribution is -0.137. The molecular formula is C17H21F3N2O2. The second kappa shape index (κ2) is 7.23. The molecule has 0 atom stereocenters. The number of alkyl halides is 3. The predicted molar refractivity (Wildman–Crippen MR) is 82.9 cm³/mol. The molecule has 0 saturated heterocycles. The number of carbonyl (C=O) groups excluding carboxylic acids is 2. The SMILES string of the molecule is NC(=O)C1(NC(=O)Cc2ccc(C(F)(F)F)cc2)CCCCCC1. The van der Waals surface area contributed by atoms with Crippen LogP contribution in [0.1, 0.15) is 49.7 Å². The summed E-state index contributed by atoms with van der Waals surface area (Å²) in [4.78, 5) is 24.1. The lowest BCUT2D eigenvalue weighted by Gasteiger charge is -2.30. The molecule has 0 radical (unpaired) electrons. The Hall–Kier alpha value is -2.05. The van der Waals surface area contributed by atoms with Crippen LogP contribution in [0.4, 0.5) is 13.2 Å². The number of amides is 2. The van der Waals surface area contributed by atoms with Crippen LogP contribution in [0.3, 0.4) is 0 Å². The van der Waals surface area contributed by atoms with E-state index in [0.717, 1.165) is 37.8 Å². The van der Waals surface area contributed by atoms with Crippen molar-refractivity contribution in [1.82, 2.24) is 5.32 Å². The van der Waals surface area contributed by atoms with E-state index in [1.165, 1.54) is 12.1 Å². The van der Waals surface area contributed by atoms with Crippen molar-refractivity contribution in [2.75, 3.05) is 0 Å². The Kier molecular flexibility index (Phi) is 5.51. The fraction of sp³-hybridized carbons (Fsp3) is 0.529. The normalized spacial score (nSPS) is 17.8. The van der Waals surface area contributed by atoms with Crippen molar-refractivity contribution in [3.8, 4) is 0 Å². The summed E-state index contributed by atoms with van der Waals surface area (Å²) in [6.45, 7) is 0. The van der Waals surface area contributed by atoms with Crippen LogP contribution < -0.4 is 11.1 Å². The molecule has 3 N–H and O–H groups in total. The van der Waals surface area contributed by atoms with Crippen molar-refractivity contribution in [2.24, 2.45) is 5.73 Å². The molecule has 0 spiro atoms. The fourth-order valence-electron chi connectivity index (χ4n) is 3.07. The van der Waals surface area contributed by atoms with Crippen molar-refractivity contribution in [2.45, 2.75) is 56.7 Å². The zero-order chi connectivity index (χ0) is 17.8. The van der Waals surface area contributed by atoms with Gasteiger partial charge in [-0.1, -0.05) is 37.8 Å². The summed E-state index contributed by atoms with van der Waals surface area (Å²) in [5.41, 5.74) is 4.15. The molecule has 1 fully saturated rings. The summed E-state index contributed by atoms with van der Waals surface area (Å²) in [7, 11) is 0. The zero-order valence-corrected chi connectivity index (χ0v) is 13.3. The number of halogens is 3. The van der Waals surface area contributed by atoms with Crippen LogP contribution in [-0.4, -0.2) is 17.4 Å². The molecule has 24 heavy (non-hydrogen) atoms. The Balaban J connectivity index is 2.04. The number of benzene rings is 1. The van der Waals surface area contributed by atoms with E-state index in [4.69, 9.17) is 5.73 Å². The van der Waals surface area contributed by atoms with E-state index in [9.17, 15) is 22.8 Å². The highest BCUT2D eigenvalue weighted by molar-refractivity contribution is 5.91. The smallest absolute Gasteiger partial charge is 0.368 e. The number of hydrogen-bond acceptors (Lipinski definition) is 2. The molecule has 1 aromatic carbocycles. The van der Waals surface area contributed by atoms with Crippen LogP contribution in [0.25, 0.3) is 0 Å². The van der Waals surface area contributed by atoms with Gasteiger partial charge in [0.1, 0.15) is 5.54 Å². The Labute approximate surface area is 138 Å². The van der Waals surface area contributed by atoms with Crippen molar-refractivity contribution in [3.05, 3.63) is 35.4 Å². The minimum atomic E-state index is -4.41. The van der Waals surface area contributed by atoms with Gasteiger partial charge in [-0.05, 0) is 30.5 Å². The van der Waals surface area contributed by atoms with Crippen molar-refractivity contribution < 1.29 is 22.8 Å². The molecular weight excluding hydrogens is 321 g/mol. The van der Waals surface area contributed by atoms with Crippen LogP contribution in [0.15, 0.2) is 24.3 Å². The molecule has 0 bridgehead atoms. The topological polar surface area (TPSA) is 72.2 Å². The lowest BCUT2D eigenvalue weighted by atomic mass is 9.89. The second-order valence-electron chi connectivity index (χ2n) is 6.28. The van der Waals surface area contributed by atoms with E-state index in [0.29, 0.717) is 18.4 Å². The first kappa shape index (κ1) is 18.3. The van der Waals surface area contributed by atoms with E-state index < -0.39 is 29.1 Å². The summed E-state index contributed by atoms with van der Waals surface area (Å²) in [6, 6.07) is 4.43. The maximum Gasteiger partial charge on any atom is 0.416 e. The van der Waals surface area contributed by atoms with Crippen molar-refractivity contribution in [1.29, 1.82) is 0 Å². The maximum atomic E-state index is 12.5. The van der Waals surface area contributed by atoms with Gasteiger partial charge in [0.2, 0.25) is 11.8 Å². The van der Waals surface area contributed by atoms with Crippen molar-refractivity contribution >= 4 is 11.8 Å². The fourth-order valence-corrected chi connectivity index (χ4v) is 3.07. The average molecular weight is 342 g/mol. The Morgan fingerprint density at radius 3 is 2.04 bits per heavy atom. The van der Waals surface area contributed by atoms with E-state index in [1.54, 1.807) is 0 Å². The van der Waals surface area contributed by atoms with Gasteiger partial charge < -0.3 is 11.1 Å². The molecule has 1 aliphatic carbocycles. The van der Waals surface area contributed by atoms with E-state index in [-0.39, 0.29) is 6.42 Å². The molecule has 0 aliphatic heterocycles. The summed E-state index contributed by atoms with van der Waals surface area (Å²) in [5, 5.41) is 2.73. The highest BCUT2D eigenvalue weighted by Gasteiger charge is 2.38. The number of rotatable bonds is 4. The zero-order valence-electron chi connectivity index (χ0n) is 13.3. The van der Waals surface area contributed by atoms with Crippen LogP contribution in [-0.2, 0) is 22.2 Å². The molecule has 1 aliphatic rings. The molecule has 4 nitrogen and oxygen atoms in total. The quantitative estimate of drug-likeness (QED) is 0.826. The minimum absolute atomic E-state index is 0.0901. The third-order valence-corrected chi connectivity index (χ3v) is 4.45. The third kappa shape index (κ3) is 4.49. The van der Waals surface area contributed by atoms with Crippen molar-refractivity contribution in [3.63, 3.8) is 0 Å². The highest BCUT2D eigenvalue weighted by Crippen LogP contribution is 2.29. The van der Waals surface area contributed by atoms with E-state index >= 15 is 0 Å². The molecule has 0 heterocycles. The molecule has 0 aromatic heterocycles. The Morgan fingerprint density at radius 1 is 1.04 bits per heavy atom. The first-order chi connectivity index (χ1) is 11.2. The molecule has 1 saturated carbocycles. The molecule has 2 rings (SSSR count). The van der Waals surface area contributed by atoms with Crippen LogP contribution in [0.2, 0.25) is 0 Å². The molecule has 132 valence electrons. The van der Waals surface area contributed by atoms with Crippen LogP contribution >= 0.6 is 0 Å². The summed E-state index contributed by atoms with van der Waals surface area (Å²) < 4.78 is 37.6. The van der Waals surface area contributed by atoms with Gasteiger partial charge in [-0.2, -0.15) is 13.2 Å². The number of nitrogens with one attached hydrogen (secondary N) is 1. The van der Waals surface area contributed by atoms with Gasteiger partial charge in [-0.25, -0.2) is 0 Å². The number of hydrogen-bond donors (Lipinski definition) is 2. The molecule has 0 unspecified atom stereocenters. The van der Waals surface area contributed by atoms with Gasteiger partial charge in [0, 0.05) is 0 Å². The molecule has 2 amide bonds. The first-order valence-electron chi connectivity index (χ1n) is 8.00. The maximum absolute atomic E-state index is 12.5. The number of nitrogens with two attached hydrogens (primary N) is 1. The highest BCUT2D eigenvalue weighted by atomic mass is 19.4. The Bertz CT molecular complexity index is 589. The van der Waals surface area contributed by atoms with Gasteiger partial charge in [0.25, 0.3) is 0 Å². The van der Waals surface area contributed by atoms with Gasteiger partial charge in [0.05, 0.1) is 12.0 Å². The van der Waals surface area contributed by atoms with Crippen LogP contribution in [0, 0.1) is 0 Å². The largest absolute Gasteiger partial charge is 0.416 e. The lowest BCUT2D eigenvalue weighted by Crippen LogP contribution is -2.57. The summed E-state index contributed by atoms with van der Waals surface area (Å²) in [5.74, 6) is -0.958. The van der Waals surface area contributed by atoms with E-state index in [2.05, 4.69) is 5.32 Å². The Morgan fingerprint density at radius 2 is 1.58 bits per heavy atom. The standard InChI is InChI=1S/C17H21F3N2O2/c18-17(19,20)13-7-5-12(6-8-13)11-14(23)22-16(15(21)24)9-3-1-2-4-10-16/h5-8H,1-4,9-11H2,(H2,21,24)(H,22,23). The van der Waals surface area contributed by atoms with E-state index in [1.807, 2.05) is 0 Å². The van der Waals surface area contributed by atoms with Crippen LogP contribution in [0.5, 0.6) is 0 Å². The summed E-state index contributed by atoms with van der Waals surface area (Å²) in [6.07, 6.45) is 0.104. The second-order valence-corrected chi connectivity index (χ2v) is 6.28. The minimum Gasteiger partial charge on any atom is -0.368 e. The monoisotopic (exact) mass is 342 g/mol. The molecule has 7 heteroatoms.